The lowest BCUT2D eigenvalue weighted by atomic mass is 9.92. The van der Waals surface area contributed by atoms with Gasteiger partial charge in [0.25, 0.3) is 0 Å². The number of hydrogen-bond donors (Lipinski definition) is 2. The van der Waals surface area contributed by atoms with Gasteiger partial charge in [0.15, 0.2) is 5.82 Å². The number of piperazine rings is 1. The number of aromatic nitrogens is 2. The van der Waals surface area contributed by atoms with Gasteiger partial charge in [0.2, 0.25) is 0 Å². The summed E-state index contributed by atoms with van der Waals surface area (Å²) in [5, 5.41) is 15.6. The predicted molar refractivity (Wildman–Crippen MR) is 152 cm³/mol. The Morgan fingerprint density at radius 3 is 2.62 bits per heavy atom. The van der Waals surface area contributed by atoms with Crippen molar-refractivity contribution in [3.63, 3.8) is 0 Å². The molecule has 4 heterocycles. The molecule has 2 N–H and O–H groups in total. The number of benzene rings is 3. The fraction of sp³-hybridized carbons (Fsp3) is 0.419. The number of nitrogens with zero attached hydrogens (tertiary/aromatic N) is 4. The Labute approximate surface area is 231 Å². The lowest BCUT2D eigenvalue weighted by Gasteiger charge is -2.46. The molecule has 0 unspecified atom stereocenters. The molecule has 4 aromatic rings. The van der Waals surface area contributed by atoms with E-state index in [2.05, 4.69) is 20.1 Å². The average molecular weight is 546 g/mol. The molecule has 7 nitrogen and oxygen atoms in total. The van der Waals surface area contributed by atoms with Crippen LogP contribution in [0.3, 0.4) is 0 Å². The molecule has 2 bridgehead atoms. The predicted octanol–water partition coefficient (Wildman–Crippen LogP) is 5.10. The van der Waals surface area contributed by atoms with Gasteiger partial charge >= 0.3 is 6.01 Å². The van der Waals surface area contributed by atoms with Gasteiger partial charge in [0.1, 0.15) is 22.9 Å². The Bertz CT molecular complexity index is 1620. The normalized spacial score (nSPS) is 21.5. The monoisotopic (exact) mass is 545 g/mol. The lowest BCUT2D eigenvalue weighted by Crippen LogP contribution is -2.61. The Hall–Kier alpha value is -3.56. The van der Waals surface area contributed by atoms with Gasteiger partial charge in [-0.3, -0.25) is 0 Å². The van der Waals surface area contributed by atoms with Gasteiger partial charge in [-0.2, -0.15) is 9.97 Å². The third-order valence-corrected chi connectivity index (χ3v) is 8.69. The molecule has 4 fully saturated rings. The largest absolute Gasteiger partial charge is 0.508 e. The summed E-state index contributed by atoms with van der Waals surface area (Å²) in [6, 6.07) is 12.2. The van der Waals surface area contributed by atoms with Crippen LogP contribution >= 0.6 is 0 Å². The van der Waals surface area contributed by atoms with Crippen LogP contribution in [0.15, 0.2) is 42.5 Å². The van der Waals surface area contributed by atoms with Gasteiger partial charge in [-0.15, -0.1) is 0 Å². The molecular formula is C31H33F2N5O2. The summed E-state index contributed by atoms with van der Waals surface area (Å²) in [4.78, 5) is 13.6. The fourth-order valence-corrected chi connectivity index (χ4v) is 6.57. The first-order chi connectivity index (χ1) is 19.3. The van der Waals surface area contributed by atoms with Crippen molar-refractivity contribution in [2.24, 2.45) is 5.41 Å². The molecule has 0 radical (unpaired) electrons. The van der Waals surface area contributed by atoms with Gasteiger partial charge in [-0.25, -0.2) is 8.78 Å². The highest BCUT2D eigenvalue weighted by Gasteiger charge is 2.44. The summed E-state index contributed by atoms with van der Waals surface area (Å²) < 4.78 is 38.7. The molecule has 3 aliphatic heterocycles. The van der Waals surface area contributed by atoms with Gasteiger partial charge in [-0.1, -0.05) is 24.3 Å². The molecule has 3 aromatic carbocycles. The van der Waals surface area contributed by atoms with Crippen molar-refractivity contribution < 1.29 is 18.6 Å². The van der Waals surface area contributed by atoms with Gasteiger partial charge in [0, 0.05) is 42.5 Å². The summed E-state index contributed by atoms with van der Waals surface area (Å²) in [5.41, 5.74) is 0.126. The average Bonchev–Trinajstić information content (AvgIpc) is 3.71. The molecule has 3 saturated heterocycles. The van der Waals surface area contributed by atoms with Crippen LogP contribution < -0.4 is 15.0 Å². The number of piperidine rings is 2. The number of ether oxygens (including phenoxy) is 1. The minimum absolute atomic E-state index is 0.0238. The number of hydrogen-bond acceptors (Lipinski definition) is 7. The molecule has 208 valence electrons. The summed E-state index contributed by atoms with van der Waals surface area (Å²) in [6.45, 7) is 2.85. The van der Waals surface area contributed by atoms with Crippen molar-refractivity contribution in [1.82, 2.24) is 20.2 Å². The van der Waals surface area contributed by atoms with Gasteiger partial charge in [0.05, 0.1) is 12.2 Å². The van der Waals surface area contributed by atoms with Crippen molar-refractivity contribution >= 4 is 27.5 Å². The van der Waals surface area contributed by atoms with Gasteiger partial charge < -0.3 is 25.0 Å². The maximum atomic E-state index is 16.5. The Balaban J connectivity index is 1.39. The quantitative estimate of drug-likeness (QED) is 0.335. The Morgan fingerprint density at radius 1 is 1.10 bits per heavy atom. The van der Waals surface area contributed by atoms with Crippen LogP contribution in [0.25, 0.3) is 32.8 Å². The van der Waals surface area contributed by atoms with Crippen LogP contribution in [-0.4, -0.2) is 72.4 Å². The topological polar surface area (TPSA) is 73.8 Å². The third kappa shape index (κ3) is 4.41. The van der Waals surface area contributed by atoms with E-state index in [1.165, 1.54) is 12.1 Å². The molecule has 4 aliphatic rings. The van der Waals surface area contributed by atoms with E-state index in [-0.39, 0.29) is 39.9 Å². The zero-order valence-electron chi connectivity index (χ0n) is 22.8. The maximum Gasteiger partial charge on any atom is 0.319 e. The van der Waals surface area contributed by atoms with Crippen LogP contribution in [0, 0.1) is 17.0 Å². The fourth-order valence-electron chi connectivity index (χ4n) is 6.57. The smallest absolute Gasteiger partial charge is 0.319 e. The van der Waals surface area contributed by atoms with E-state index in [1.807, 2.05) is 32.3 Å². The molecule has 0 amide bonds. The number of nitrogens with one attached hydrogen (secondary N) is 1. The van der Waals surface area contributed by atoms with Crippen molar-refractivity contribution in [2.45, 2.75) is 37.8 Å². The lowest BCUT2D eigenvalue weighted by molar-refractivity contribution is 0.183. The summed E-state index contributed by atoms with van der Waals surface area (Å²) >= 11 is 0. The molecule has 40 heavy (non-hydrogen) atoms. The number of fused-ring (bicyclic) bond motifs is 5. The first-order valence-corrected chi connectivity index (χ1v) is 14.0. The van der Waals surface area contributed by atoms with E-state index in [1.54, 1.807) is 12.1 Å². The molecule has 0 spiro atoms. The van der Waals surface area contributed by atoms with E-state index >= 15 is 8.78 Å². The minimum Gasteiger partial charge on any atom is -0.508 e. The van der Waals surface area contributed by atoms with Crippen molar-refractivity contribution in [1.29, 1.82) is 0 Å². The summed E-state index contributed by atoms with van der Waals surface area (Å²) in [5.74, 6) is -1.05. The molecule has 1 aromatic heterocycles. The third-order valence-electron chi connectivity index (χ3n) is 8.69. The van der Waals surface area contributed by atoms with Crippen molar-refractivity contribution in [3.8, 4) is 22.9 Å². The Kier molecular flexibility index (Phi) is 6.05. The number of aromatic hydroxyl groups is 1. The van der Waals surface area contributed by atoms with Crippen LogP contribution in [0.5, 0.6) is 11.8 Å². The van der Waals surface area contributed by atoms with Gasteiger partial charge in [-0.05, 0) is 74.3 Å². The van der Waals surface area contributed by atoms with E-state index in [9.17, 15) is 5.11 Å². The minimum atomic E-state index is -0.783. The molecular weight excluding hydrogens is 512 g/mol. The van der Waals surface area contributed by atoms with E-state index in [0.717, 1.165) is 38.8 Å². The van der Waals surface area contributed by atoms with Crippen LogP contribution in [-0.2, 0) is 0 Å². The number of phenolic OH excluding ortho intramolecular Hbond substituents is 1. The first kappa shape index (κ1) is 25.4. The maximum absolute atomic E-state index is 16.5. The summed E-state index contributed by atoms with van der Waals surface area (Å²) in [6.07, 6.45) is 4.17. The van der Waals surface area contributed by atoms with E-state index in [0.29, 0.717) is 41.2 Å². The molecule has 2 atom stereocenters. The highest BCUT2D eigenvalue weighted by molar-refractivity contribution is 6.01. The highest BCUT2D eigenvalue weighted by Crippen LogP contribution is 2.46. The van der Waals surface area contributed by atoms with E-state index < -0.39 is 11.6 Å². The number of rotatable bonds is 7. The second-order valence-electron chi connectivity index (χ2n) is 12.0. The second-order valence-corrected chi connectivity index (χ2v) is 12.0. The van der Waals surface area contributed by atoms with Crippen LogP contribution in [0.2, 0.25) is 0 Å². The van der Waals surface area contributed by atoms with E-state index in [4.69, 9.17) is 9.72 Å². The standard InChI is InChI=1S/C31H33F2N5O2/c1-37(2)16-31(9-10-31)17-40-30-35-28-24(29(36-30)38-15-19-7-8-20(38)14-34-19)13-25(32)26(27(28)33)23-12-21(39)11-18-5-3-4-6-22(18)23/h3-6,11-13,19-20,34,39H,7-10,14-17H2,1-2H3/t19-,20-/m0/s1. The van der Waals surface area contributed by atoms with Crippen LogP contribution in [0.4, 0.5) is 14.6 Å². The molecule has 9 heteroatoms. The first-order valence-electron chi connectivity index (χ1n) is 14.0. The SMILES string of the molecule is CN(C)CC1(COc2nc(N3C[C@@H]4CC[C@H]3CN4)c3cc(F)c(-c4cc(O)cc5ccccc45)c(F)c3n2)CC1. The zero-order chi connectivity index (χ0) is 27.6. The highest BCUT2D eigenvalue weighted by atomic mass is 19.1. The Morgan fingerprint density at radius 2 is 1.93 bits per heavy atom. The summed E-state index contributed by atoms with van der Waals surface area (Å²) in [7, 11) is 4.08. The van der Waals surface area contributed by atoms with Crippen LogP contribution in [0.1, 0.15) is 25.7 Å². The number of halogens is 2. The zero-order valence-corrected chi connectivity index (χ0v) is 22.8. The molecule has 1 aliphatic carbocycles. The second kappa shape index (κ2) is 9.52. The molecule has 1 saturated carbocycles. The molecule has 8 rings (SSSR count). The van der Waals surface area contributed by atoms with Crippen molar-refractivity contribution in [2.75, 3.05) is 45.2 Å². The number of phenols is 1. The number of anilines is 1. The van der Waals surface area contributed by atoms with Crippen molar-refractivity contribution in [3.05, 3.63) is 54.1 Å².